The second kappa shape index (κ2) is 24.1. The van der Waals surface area contributed by atoms with Gasteiger partial charge in [0, 0.05) is 110 Å². The Kier molecular flexibility index (Phi) is 17.2. The van der Waals surface area contributed by atoms with E-state index in [0.717, 1.165) is 92.7 Å². The standard InChI is InChI=1S/C56H60Cl2N8O6/c1-35-41(33-71-53-21-51(69-31-39-17-37(23-61-3)25-63-27-39)43(19-47(53)57)29-65-15-7-13-49(65)55(59)67)9-5-11-45(35)46-12-6-10-42(36(46)2)34-72-54-22-52(70-32-40-18-38(24-62-4)26-64-28-40)44(20-48(54)58)30-66-16-8-14-50(66)56(60)68/h5-6,9-12,17-28,49-50H,7-8,13-16,29-34H2,1-4H3,(H2,59,67)(H2,60,68)/b61-23+,62-24+/t49-,50-/m1/s1. The van der Waals surface area contributed by atoms with Gasteiger partial charge in [-0.2, -0.15) is 0 Å². The van der Waals surface area contributed by atoms with Crippen LogP contribution in [0.15, 0.2) is 108 Å². The second-order valence-corrected chi connectivity index (χ2v) is 19.0. The van der Waals surface area contributed by atoms with Gasteiger partial charge in [-0.15, -0.1) is 0 Å². The summed E-state index contributed by atoms with van der Waals surface area (Å²) < 4.78 is 25.9. The SMILES string of the molecule is C/N=C/c1cncc(COc2cc(OCc3cccc(-c4cccc(COc5cc(OCc6cncc(/C=N/C)c6)c(CN6CCC[C@@H]6C(N)=O)cc5Cl)c4C)c3C)c(Cl)cc2CN2CCC[C@@H]2C(N)=O)c1. The predicted octanol–water partition coefficient (Wildman–Crippen LogP) is 9.38. The summed E-state index contributed by atoms with van der Waals surface area (Å²) in [7, 11) is 3.43. The number of likely N-dealkylation sites (tertiary alicyclic amines) is 2. The van der Waals surface area contributed by atoms with Crippen molar-refractivity contribution in [3.63, 3.8) is 0 Å². The van der Waals surface area contributed by atoms with E-state index in [1.54, 1.807) is 51.3 Å². The van der Waals surface area contributed by atoms with Crippen molar-refractivity contribution in [2.24, 2.45) is 21.5 Å². The third kappa shape index (κ3) is 12.6. The number of pyridine rings is 2. The Labute approximate surface area is 431 Å². The molecule has 2 aliphatic rings. The highest BCUT2D eigenvalue weighted by molar-refractivity contribution is 6.32. The number of aliphatic imine (C=N–C) groups is 2. The van der Waals surface area contributed by atoms with Gasteiger partial charge < -0.3 is 30.4 Å². The van der Waals surface area contributed by atoms with Crippen LogP contribution in [0.1, 0.15) is 81.3 Å². The minimum absolute atomic E-state index is 0.243. The van der Waals surface area contributed by atoms with Crippen LogP contribution in [0.3, 0.4) is 0 Å². The van der Waals surface area contributed by atoms with Gasteiger partial charge in [0.2, 0.25) is 11.8 Å². The zero-order chi connectivity index (χ0) is 50.7. The number of benzene rings is 4. The van der Waals surface area contributed by atoms with Gasteiger partial charge in [-0.25, -0.2) is 0 Å². The molecule has 72 heavy (non-hydrogen) atoms. The fourth-order valence-electron chi connectivity index (χ4n) is 9.51. The lowest BCUT2D eigenvalue weighted by Gasteiger charge is -2.24. The van der Waals surface area contributed by atoms with Crippen molar-refractivity contribution in [2.75, 3.05) is 27.2 Å². The molecule has 8 rings (SSSR count). The Balaban J connectivity index is 1.00. The van der Waals surface area contributed by atoms with Gasteiger partial charge in [0.25, 0.3) is 0 Å². The second-order valence-electron chi connectivity index (χ2n) is 18.2. The molecular formula is C56H60Cl2N8O6. The summed E-state index contributed by atoms with van der Waals surface area (Å²) in [6, 6.07) is 23.0. The third-order valence-electron chi connectivity index (χ3n) is 13.3. The minimum atomic E-state index is -0.358. The first kappa shape index (κ1) is 51.5. The fraction of sp³-hybridized carbons (Fsp3) is 0.321. The lowest BCUT2D eigenvalue weighted by Crippen LogP contribution is -2.39. The van der Waals surface area contributed by atoms with E-state index in [1.165, 1.54) is 0 Å². The number of aromatic nitrogens is 2. The highest BCUT2D eigenvalue weighted by Crippen LogP contribution is 2.39. The van der Waals surface area contributed by atoms with Gasteiger partial charge in [0.15, 0.2) is 0 Å². The van der Waals surface area contributed by atoms with Crippen molar-refractivity contribution in [3.8, 4) is 34.1 Å². The van der Waals surface area contributed by atoms with Gasteiger partial charge in [-0.05, 0) is 110 Å². The molecule has 0 spiro atoms. The summed E-state index contributed by atoms with van der Waals surface area (Å²) in [5, 5.41) is 0.850. The molecule has 2 atom stereocenters. The Morgan fingerprint density at radius 1 is 0.597 bits per heavy atom. The molecule has 0 aliphatic carbocycles. The first-order valence-electron chi connectivity index (χ1n) is 24.0. The molecule has 2 saturated heterocycles. The number of primary amides is 2. The Hall–Kier alpha value is -6.84. The summed E-state index contributed by atoms with van der Waals surface area (Å²) in [5.41, 5.74) is 22.8. The number of halogens is 2. The Bertz CT molecular complexity index is 2790. The van der Waals surface area contributed by atoms with E-state index in [9.17, 15) is 9.59 Å². The molecule has 16 heteroatoms. The first-order chi connectivity index (χ1) is 34.9. The monoisotopic (exact) mass is 1010 g/mol. The molecule has 0 saturated carbocycles. The summed E-state index contributed by atoms with van der Waals surface area (Å²) in [6.45, 7) is 7.50. The molecular weight excluding hydrogens is 952 g/mol. The largest absolute Gasteiger partial charge is 0.488 e. The normalized spacial score (nSPS) is 16.2. The number of amides is 2. The molecule has 2 fully saturated rings. The van der Waals surface area contributed by atoms with E-state index in [4.69, 9.17) is 53.6 Å². The number of ether oxygens (including phenoxy) is 4. The zero-order valence-electron chi connectivity index (χ0n) is 41.1. The van der Waals surface area contributed by atoms with Gasteiger partial charge in [0.1, 0.15) is 49.4 Å². The Morgan fingerprint density at radius 2 is 1.01 bits per heavy atom. The topological polar surface area (TPSA) is 180 Å². The van der Waals surface area contributed by atoms with E-state index in [2.05, 4.69) is 55.7 Å². The van der Waals surface area contributed by atoms with Crippen LogP contribution >= 0.6 is 23.2 Å². The van der Waals surface area contributed by atoms with Crippen LogP contribution in [0.25, 0.3) is 11.1 Å². The highest BCUT2D eigenvalue weighted by Gasteiger charge is 2.31. The van der Waals surface area contributed by atoms with Crippen molar-refractivity contribution in [2.45, 2.75) is 91.1 Å². The summed E-state index contributed by atoms with van der Waals surface area (Å²) in [5.74, 6) is 1.42. The molecule has 2 amide bonds. The number of hydrogen-bond donors (Lipinski definition) is 2. The number of nitrogens with two attached hydrogens (primary N) is 2. The molecule has 0 bridgehead atoms. The van der Waals surface area contributed by atoms with E-state index >= 15 is 0 Å². The summed E-state index contributed by atoms with van der Waals surface area (Å²) >= 11 is 13.9. The van der Waals surface area contributed by atoms with Crippen LogP contribution in [0.4, 0.5) is 0 Å². The van der Waals surface area contributed by atoms with E-state index < -0.39 is 0 Å². The maximum Gasteiger partial charge on any atom is 0.234 e. The average molecular weight is 1010 g/mol. The average Bonchev–Trinajstić information content (AvgIpc) is 4.04. The number of hydrogen-bond acceptors (Lipinski definition) is 12. The zero-order valence-corrected chi connectivity index (χ0v) is 42.6. The molecule has 14 nitrogen and oxygen atoms in total. The van der Waals surface area contributed by atoms with Crippen molar-refractivity contribution >= 4 is 47.4 Å². The number of rotatable bonds is 21. The van der Waals surface area contributed by atoms with Gasteiger partial charge in [-0.3, -0.25) is 39.3 Å². The van der Waals surface area contributed by atoms with Crippen LogP contribution in [-0.2, 0) is 49.1 Å². The predicted molar refractivity (Wildman–Crippen MR) is 282 cm³/mol. The number of carbonyl (C=O) groups excluding carboxylic acids is 2. The highest BCUT2D eigenvalue weighted by atomic mass is 35.5. The van der Waals surface area contributed by atoms with Crippen molar-refractivity contribution in [1.29, 1.82) is 0 Å². The Morgan fingerprint density at radius 3 is 1.42 bits per heavy atom. The molecule has 6 aromatic rings. The molecule has 4 heterocycles. The van der Waals surface area contributed by atoms with Crippen LogP contribution in [-0.4, -0.2) is 83.3 Å². The van der Waals surface area contributed by atoms with Crippen molar-refractivity contribution in [3.05, 3.63) is 163 Å². The molecule has 2 aromatic heterocycles. The van der Waals surface area contributed by atoms with E-state index in [0.29, 0.717) is 59.0 Å². The van der Waals surface area contributed by atoms with Gasteiger partial charge >= 0.3 is 0 Å². The van der Waals surface area contributed by atoms with Gasteiger partial charge in [-0.1, -0.05) is 59.6 Å². The van der Waals surface area contributed by atoms with Gasteiger partial charge in [0.05, 0.1) is 22.1 Å². The summed E-state index contributed by atoms with van der Waals surface area (Å²) in [6.07, 6.45) is 13.7. The quantitative estimate of drug-likeness (QED) is 0.0660. The minimum Gasteiger partial charge on any atom is -0.488 e. The smallest absolute Gasteiger partial charge is 0.234 e. The van der Waals surface area contributed by atoms with Crippen LogP contribution in [0.2, 0.25) is 10.0 Å². The molecule has 4 aromatic carbocycles. The molecule has 0 unspecified atom stereocenters. The molecule has 2 aliphatic heterocycles. The molecule has 0 radical (unpaired) electrons. The maximum atomic E-state index is 12.3. The lowest BCUT2D eigenvalue weighted by atomic mass is 9.92. The maximum absolute atomic E-state index is 12.3. The number of nitrogens with zero attached hydrogens (tertiary/aromatic N) is 6. The third-order valence-corrected chi connectivity index (χ3v) is 13.9. The lowest BCUT2D eigenvalue weighted by molar-refractivity contribution is -0.123. The molecule has 4 N–H and O–H groups in total. The van der Waals surface area contributed by atoms with Crippen LogP contribution in [0.5, 0.6) is 23.0 Å². The summed E-state index contributed by atoms with van der Waals surface area (Å²) in [4.78, 5) is 45.7. The first-order valence-corrected chi connectivity index (χ1v) is 24.8. The fourth-order valence-corrected chi connectivity index (χ4v) is 9.99. The van der Waals surface area contributed by atoms with Crippen molar-refractivity contribution in [1.82, 2.24) is 19.8 Å². The van der Waals surface area contributed by atoms with Crippen LogP contribution < -0.4 is 30.4 Å². The van der Waals surface area contributed by atoms with E-state index in [1.807, 2.05) is 60.7 Å². The number of carbonyl (C=O) groups is 2. The van der Waals surface area contributed by atoms with E-state index in [-0.39, 0.29) is 50.3 Å². The van der Waals surface area contributed by atoms with Crippen molar-refractivity contribution < 1.29 is 28.5 Å². The molecule has 374 valence electrons. The van der Waals surface area contributed by atoms with Crippen LogP contribution in [0, 0.1) is 13.8 Å².